The molecule has 6 heteroatoms. The Kier molecular flexibility index (Phi) is 4.90. The van der Waals surface area contributed by atoms with Crippen LogP contribution in [0.25, 0.3) is 0 Å². The molecular formula is C15H17BrN2O2S. The lowest BCUT2D eigenvalue weighted by Crippen LogP contribution is -2.06. The second-order valence-electron chi connectivity index (χ2n) is 4.67. The van der Waals surface area contributed by atoms with Crippen LogP contribution in [0.4, 0.5) is 11.4 Å². The molecule has 0 fully saturated rings. The number of hydrogen-bond acceptors (Lipinski definition) is 4. The second-order valence-corrected chi connectivity index (χ2v) is 7.38. The third kappa shape index (κ3) is 3.57. The Labute approximate surface area is 133 Å². The largest absolute Gasteiger partial charge is 0.399 e. The summed E-state index contributed by atoms with van der Waals surface area (Å²) in [6.45, 7) is 2.53. The predicted octanol–water partition coefficient (Wildman–Crippen LogP) is 3.22. The first-order chi connectivity index (χ1) is 9.95. The zero-order valence-corrected chi connectivity index (χ0v) is 14.0. The van der Waals surface area contributed by atoms with Crippen LogP contribution in [-0.2, 0) is 9.84 Å². The van der Waals surface area contributed by atoms with E-state index in [0.717, 1.165) is 17.6 Å². The zero-order valence-electron chi connectivity index (χ0n) is 11.6. The molecule has 4 nitrogen and oxygen atoms in total. The molecule has 0 aliphatic carbocycles. The van der Waals surface area contributed by atoms with E-state index in [0.29, 0.717) is 11.3 Å². The van der Waals surface area contributed by atoms with E-state index in [4.69, 9.17) is 5.73 Å². The smallest absolute Gasteiger partial charge is 0.206 e. The normalized spacial score (nSPS) is 11.3. The van der Waals surface area contributed by atoms with Gasteiger partial charge in [-0.2, -0.15) is 0 Å². The SMILES string of the molecule is Cc1cc(N)ccc1S(=O)(=O)c1ccc(NCCBr)cc1. The van der Waals surface area contributed by atoms with Gasteiger partial charge in [0.25, 0.3) is 0 Å². The summed E-state index contributed by atoms with van der Waals surface area (Å²) in [6.07, 6.45) is 0. The first-order valence-electron chi connectivity index (χ1n) is 6.46. The number of alkyl halides is 1. The van der Waals surface area contributed by atoms with Crippen molar-refractivity contribution in [3.63, 3.8) is 0 Å². The van der Waals surface area contributed by atoms with Crippen molar-refractivity contribution in [3.05, 3.63) is 48.0 Å². The van der Waals surface area contributed by atoms with Crippen LogP contribution in [0, 0.1) is 6.92 Å². The summed E-state index contributed by atoms with van der Waals surface area (Å²) in [4.78, 5) is 0.567. The molecule has 0 aliphatic rings. The Bertz CT molecular complexity index is 728. The maximum absolute atomic E-state index is 12.6. The number of halogens is 1. The molecule has 2 aromatic rings. The van der Waals surface area contributed by atoms with E-state index in [-0.39, 0.29) is 9.79 Å². The topological polar surface area (TPSA) is 72.2 Å². The number of anilines is 2. The number of nitrogens with two attached hydrogens (primary N) is 1. The van der Waals surface area contributed by atoms with E-state index in [9.17, 15) is 8.42 Å². The predicted molar refractivity (Wildman–Crippen MR) is 89.8 cm³/mol. The van der Waals surface area contributed by atoms with E-state index in [2.05, 4.69) is 21.2 Å². The Hall–Kier alpha value is -1.53. The molecule has 0 unspecified atom stereocenters. The first-order valence-corrected chi connectivity index (χ1v) is 9.07. The molecule has 0 saturated carbocycles. The maximum Gasteiger partial charge on any atom is 0.206 e. The summed E-state index contributed by atoms with van der Waals surface area (Å²) in [5.41, 5.74) is 7.77. The van der Waals surface area contributed by atoms with Gasteiger partial charge in [-0.05, 0) is 55.0 Å². The molecule has 2 rings (SSSR count). The van der Waals surface area contributed by atoms with Crippen molar-refractivity contribution in [1.82, 2.24) is 0 Å². The van der Waals surface area contributed by atoms with Crippen molar-refractivity contribution >= 4 is 37.1 Å². The van der Waals surface area contributed by atoms with Crippen LogP contribution in [-0.4, -0.2) is 20.3 Å². The van der Waals surface area contributed by atoms with Gasteiger partial charge in [-0.1, -0.05) is 15.9 Å². The van der Waals surface area contributed by atoms with E-state index in [1.807, 2.05) is 0 Å². The van der Waals surface area contributed by atoms with Gasteiger partial charge in [0, 0.05) is 23.2 Å². The summed E-state index contributed by atoms with van der Waals surface area (Å²) < 4.78 is 25.2. The average Bonchev–Trinajstić information content (AvgIpc) is 2.45. The van der Waals surface area contributed by atoms with Gasteiger partial charge in [-0.25, -0.2) is 8.42 Å². The van der Waals surface area contributed by atoms with Crippen molar-refractivity contribution in [1.29, 1.82) is 0 Å². The van der Waals surface area contributed by atoms with Crippen LogP contribution in [0.3, 0.4) is 0 Å². The molecule has 0 saturated heterocycles. The fraction of sp³-hybridized carbons (Fsp3) is 0.200. The van der Waals surface area contributed by atoms with E-state index in [1.54, 1.807) is 49.4 Å². The standard InChI is InChI=1S/C15H17BrN2O2S/c1-11-10-12(17)2-7-15(11)21(19,20)14-5-3-13(4-6-14)18-9-8-16/h2-7,10,18H,8-9,17H2,1H3. The highest BCUT2D eigenvalue weighted by Crippen LogP contribution is 2.26. The highest BCUT2D eigenvalue weighted by molar-refractivity contribution is 9.09. The van der Waals surface area contributed by atoms with Gasteiger partial charge in [0.2, 0.25) is 9.84 Å². The van der Waals surface area contributed by atoms with Gasteiger partial charge in [-0.3, -0.25) is 0 Å². The summed E-state index contributed by atoms with van der Waals surface area (Å²) in [6, 6.07) is 11.6. The number of aryl methyl sites for hydroxylation is 1. The lowest BCUT2D eigenvalue weighted by molar-refractivity contribution is 0.595. The quantitative estimate of drug-likeness (QED) is 0.627. The highest BCUT2D eigenvalue weighted by Gasteiger charge is 2.19. The van der Waals surface area contributed by atoms with Crippen molar-refractivity contribution in [2.75, 3.05) is 22.9 Å². The van der Waals surface area contributed by atoms with Crippen LogP contribution in [0.15, 0.2) is 52.3 Å². The van der Waals surface area contributed by atoms with E-state index in [1.165, 1.54) is 0 Å². The lowest BCUT2D eigenvalue weighted by atomic mass is 10.2. The second kappa shape index (κ2) is 6.49. The molecule has 0 aliphatic heterocycles. The number of sulfone groups is 1. The van der Waals surface area contributed by atoms with Crippen molar-refractivity contribution in [2.45, 2.75) is 16.7 Å². The molecule has 0 spiro atoms. The molecule has 0 aromatic heterocycles. The molecule has 0 heterocycles. The fourth-order valence-corrected chi connectivity index (χ4v) is 3.72. The van der Waals surface area contributed by atoms with Crippen molar-refractivity contribution in [2.24, 2.45) is 0 Å². The molecule has 0 amide bonds. The first kappa shape index (κ1) is 15.9. The van der Waals surface area contributed by atoms with Gasteiger partial charge < -0.3 is 11.1 Å². The Morgan fingerprint density at radius 1 is 1.14 bits per heavy atom. The van der Waals surface area contributed by atoms with E-state index >= 15 is 0 Å². The van der Waals surface area contributed by atoms with Crippen LogP contribution < -0.4 is 11.1 Å². The highest BCUT2D eigenvalue weighted by atomic mass is 79.9. The summed E-state index contributed by atoms with van der Waals surface area (Å²) in [7, 11) is -3.52. The Balaban J connectivity index is 2.35. The van der Waals surface area contributed by atoms with Gasteiger partial charge in [0.1, 0.15) is 0 Å². The van der Waals surface area contributed by atoms with Crippen molar-refractivity contribution in [3.8, 4) is 0 Å². The third-order valence-electron chi connectivity index (χ3n) is 3.08. The average molecular weight is 369 g/mol. The van der Waals surface area contributed by atoms with Gasteiger partial charge in [0.05, 0.1) is 9.79 Å². The molecule has 2 aromatic carbocycles. The Morgan fingerprint density at radius 3 is 2.38 bits per heavy atom. The summed E-state index contributed by atoms with van der Waals surface area (Å²) >= 11 is 3.33. The van der Waals surface area contributed by atoms with Gasteiger partial charge >= 0.3 is 0 Å². The maximum atomic E-state index is 12.6. The Morgan fingerprint density at radius 2 is 1.81 bits per heavy atom. The minimum absolute atomic E-state index is 0.278. The summed E-state index contributed by atoms with van der Waals surface area (Å²) in [5, 5.41) is 4.00. The van der Waals surface area contributed by atoms with Gasteiger partial charge in [-0.15, -0.1) is 0 Å². The summed E-state index contributed by atoms with van der Waals surface area (Å²) in [5.74, 6) is 0. The molecular weight excluding hydrogens is 352 g/mol. The number of benzene rings is 2. The van der Waals surface area contributed by atoms with Crippen LogP contribution >= 0.6 is 15.9 Å². The van der Waals surface area contributed by atoms with Crippen molar-refractivity contribution < 1.29 is 8.42 Å². The minimum atomic E-state index is -3.52. The van der Waals surface area contributed by atoms with Crippen LogP contribution in [0.1, 0.15) is 5.56 Å². The van der Waals surface area contributed by atoms with E-state index < -0.39 is 9.84 Å². The number of nitrogen functional groups attached to an aromatic ring is 1. The zero-order chi connectivity index (χ0) is 15.5. The van der Waals surface area contributed by atoms with Crippen LogP contribution in [0.5, 0.6) is 0 Å². The minimum Gasteiger partial charge on any atom is -0.399 e. The number of rotatable bonds is 5. The van der Waals surface area contributed by atoms with Gasteiger partial charge in [0.15, 0.2) is 0 Å². The molecule has 0 bridgehead atoms. The molecule has 21 heavy (non-hydrogen) atoms. The monoisotopic (exact) mass is 368 g/mol. The molecule has 0 radical (unpaired) electrons. The fourth-order valence-electron chi connectivity index (χ4n) is 2.04. The number of nitrogens with one attached hydrogen (secondary N) is 1. The molecule has 3 N–H and O–H groups in total. The molecule has 112 valence electrons. The van der Waals surface area contributed by atoms with Crippen LogP contribution in [0.2, 0.25) is 0 Å². The molecule has 0 atom stereocenters. The lowest BCUT2D eigenvalue weighted by Gasteiger charge is -2.10. The third-order valence-corrected chi connectivity index (χ3v) is 5.40. The number of hydrogen-bond donors (Lipinski definition) is 2.